The first-order valence-corrected chi connectivity index (χ1v) is 5.09. The van der Waals surface area contributed by atoms with Crippen molar-refractivity contribution in [3.05, 3.63) is 26.2 Å². The Balaban J connectivity index is 3.53. The molecule has 0 bridgehead atoms. The zero-order valence-electron chi connectivity index (χ0n) is 6.53. The van der Waals surface area contributed by atoms with E-state index >= 15 is 0 Å². The van der Waals surface area contributed by atoms with Gasteiger partial charge in [0.1, 0.15) is 3.74 Å². The summed E-state index contributed by atoms with van der Waals surface area (Å²) in [6.45, 7) is 0. The Kier molecular flexibility index (Phi) is 3.21. The fourth-order valence-electron chi connectivity index (χ4n) is 0.831. The number of hydrogen-bond donors (Lipinski definition) is 2. The molecule has 1 rings (SSSR count). The number of anilines is 1. The van der Waals surface area contributed by atoms with Crippen molar-refractivity contribution in [3.63, 3.8) is 0 Å². The van der Waals surface area contributed by atoms with E-state index in [0.717, 1.165) is 0 Å². The molecular weight excluding hydrogens is 324 g/mol. The number of alkyl halides is 2. The summed E-state index contributed by atoms with van der Waals surface area (Å²) in [7, 11) is 0. The molecule has 0 aromatic carbocycles. The number of hydrogen-bond acceptors (Lipinski definition) is 5. The molecule has 1 aromatic rings. The second-order valence-electron chi connectivity index (χ2n) is 2.24. The minimum atomic E-state index is -0.874. The Bertz CT molecular complexity index is 429. The van der Waals surface area contributed by atoms with Crippen molar-refractivity contribution < 1.29 is 4.92 Å². The number of nitrogens with zero attached hydrogens (tertiary/aromatic N) is 2. The first-order valence-electron chi connectivity index (χ1n) is 3.25. The summed E-state index contributed by atoms with van der Waals surface area (Å²) in [6, 6.07) is 0. The molecule has 1 heterocycles. The number of halogens is 2. The average molecular weight is 328 g/mol. The highest BCUT2D eigenvalue weighted by Gasteiger charge is 2.25. The van der Waals surface area contributed by atoms with E-state index in [1.807, 2.05) is 4.98 Å². The van der Waals surface area contributed by atoms with Crippen LogP contribution in [0.4, 0.5) is 11.6 Å². The topological polar surface area (TPSA) is 115 Å². The lowest BCUT2D eigenvalue weighted by Crippen LogP contribution is -2.18. The van der Waals surface area contributed by atoms with Crippen molar-refractivity contribution in [1.29, 1.82) is 0 Å². The molecule has 0 amide bonds. The van der Waals surface area contributed by atoms with Crippen LogP contribution in [0.25, 0.3) is 0 Å². The van der Waals surface area contributed by atoms with E-state index in [2.05, 4.69) is 36.8 Å². The van der Waals surface area contributed by atoms with E-state index in [9.17, 15) is 14.9 Å². The lowest BCUT2D eigenvalue weighted by atomic mass is 10.4. The third-order valence-corrected chi connectivity index (χ3v) is 2.20. The number of nitro groups is 1. The Hall–Kier alpha value is -0.960. The van der Waals surface area contributed by atoms with Gasteiger partial charge in [-0.25, -0.2) is 4.98 Å². The Labute approximate surface area is 94.1 Å². The van der Waals surface area contributed by atoms with E-state index in [-0.39, 0.29) is 11.6 Å². The predicted molar refractivity (Wildman–Crippen MR) is 56.5 cm³/mol. The Morgan fingerprint density at radius 1 is 1.57 bits per heavy atom. The van der Waals surface area contributed by atoms with Crippen LogP contribution in [0.3, 0.4) is 0 Å². The third-order valence-electron chi connectivity index (χ3n) is 1.33. The van der Waals surface area contributed by atoms with Crippen molar-refractivity contribution in [3.8, 4) is 0 Å². The van der Waals surface area contributed by atoms with Crippen molar-refractivity contribution in [2.24, 2.45) is 0 Å². The molecule has 0 spiro atoms. The summed E-state index contributed by atoms with van der Waals surface area (Å²) < 4.78 is -0.597. The van der Waals surface area contributed by atoms with Crippen molar-refractivity contribution in [2.45, 2.75) is 3.74 Å². The van der Waals surface area contributed by atoms with Gasteiger partial charge in [-0.1, -0.05) is 31.9 Å². The minimum absolute atomic E-state index is 0.0590. The summed E-state index contributed by atoms with van der Waals surface area (Å²) in [4.78, 5) is 26.5. The number of rotatable bonds is 2. The molecule has 1 aromatic heterocycles. The SMILES string of the molecule is Nc1nc(C(Br)Br)c([N+](=O)[O-])c(=O)[nH]1. The first kappa shape index (κ1) is 11.1. The molecule has 0 aliphatic rings. The van der Waals surface area contributed by atoms with Gasteiger partial charge in [-0.3, -0.25) is 19.9 Å². The lowest BCUT2D eigenvalue weighted by Gasteiger charge is -2.02. The predicted octanol–water partition coefficient (Wildman–Crippen LogP) is 1.05. The molecule has 0 fully saturated rings. The maximum absolute atomic E-state index is 11.1. The van der Waals surface area contributed by atoms with E-state index in [0.29, 0.717) is 0 Å². The summed E-state index contributed by atoms with van der Waals surface area (Å²) in [5, 5.41) is 10.5. The highest BCUT2D eigenvalue weighted by Crippen LogP contribution is 2.32. The minimum Gasteiger partial charge on any atom is -0.369 e. The molecule has 0 unspecified atom stereocenters. The van der Waals surface area contributed by atoms with Gasteiger partial charge in [0.2, 0.25) is 5.95 Å². The van der Waals surface area contributed by atoms with Gasteiger partial charge in [0.15, 0.2) is 5.69 Å². The van der Waals surface area contributed by atoms with Crippen molar-refractivity contribution in [1.82, 2.24) is 9.97 Å². The molecule has 0 atom stereocenters. The molecule has 7 nitrogen and oxygen atoms in total. The monoisotopic (exact) mass is 326 g/mol. The average Bonchev–Trinajstić information content (AvgIpc) is 2.01. The van der Waals surface area contributed by atoms with Crippen LogP contribution in [0.1, 0.15) is 9.43 Å². The second-order valence-corrected chi connectivity index (χ2v) is 5.30. The van der Waals surface area contributed by atoms with Crippen LogP contribution in [-0.2, 0) is 0 Å². The number of nitrogens with two attached hydrogens (primary N) is 1. The van der Waals surface area contributed by atoms with Gasteiger partial charge in [0.25, 0.3) is 0 Å². The van der Waals surface area contributed by atoms with Gasteiger partial charge in [0.05, 0.1) is 4.92 Å². The number of nitrogens with one attached hydrogen (secondary N) is 1. The molecule has 0 radical (unpaired) electrons. The number of H-pyrrole nitrogens is 1. The highest BCUT2D eigenvalue weighted by atomic mass is 79.9. The Morgan fingerprint density at radius 2 is 2.14 bits per heavy atom. The van der Waals surface area contributed by atoms with Gasteiger partial charge in [-0.05, 0) is 0 Å². The van der Waals surface area contributed by atoms with Gasteiger partial charge in [0, 0.05) is 0 Å². The normalized spacial score (nSPS) is 10.5. The molecule has 3 N–H and O–H groups in total. The summed E-state index contributed by atoms with van der Waals surface area (Å²) in [6.07, 6.45) is 0. The number of aromatic amines is 1. The largest absolute Gasteiger partial charge is 0.369 e. The zero-order chi connectivity index (χ0) is 10.9. The fraction of sp³-hybridized carbons (Fsp3) is 0.200. The van der Waals surface area contributed by atoms with Crippen LogP contribution in [0.5, 0.6) is 0 Å². The highest BCUT2D eigenvalue weighted by molar-refractivity contribution is 9.24. The molecule has 9 heteroatoms. The van der Waals surface area contributed by atoms with E-state index in [4.69, 9.17) is 5.73 Å². The van der Waals surface area contributed by atoms with Gasteiger partial charge < -0.3 is 5.73 Å². The number of aromatic nitrogens is 2. The maximum Gasteiger partial charge on any atom is 0.357 e. The molecule has 76 valence electrons. The molecular formula is C5H4Br2N4O3. The van der Waals surface area contributed by atoms with E-state index in [1.165, 1.54) is 0 Å². The standard InChI is InChI=1S/C5H4Br2N4O3/c6-3(7)1-2(11(13)14)4(12)10-5(8)9-1/h3H,(H3,8,9,10,12). The lowest BCUT2D eigenvalue weighted by molar-refractivity contribution is -0.387. The second kappa shape index (κ2) is 4.05. The first-order chi connectivity index (χ1) is 6.43. The van der Waals surface area contributed by atoms with Crippen LogP contribution in [0.15, 0.2) is 4.79 Å². The summed E-state index contributed by atoms with van der Waals surface area (Å²) in [5.74, 6) is -0.167. The molecule has 14 heavy (non-hydrogen) atoms. The van der Waals surface area contributed by atoms with Crippen LogP contribution >= 0.6 is 31.9 Å². The van der Waals surface area contributed by atoms with Gasteiger partial charge in [-0.15, -0.1) is 0 Å². The smallest absolute Gasteiger partial charge is 0.357 e. The Morgan fingerprint density at radius 3 is 2.57 bits per heavy atom. The van der Waals surface area contributed by atoms with Crippen LogP contribution in [0, 0.1) is 10.1 Å². The van der Waals surface area contributed by atoms with Crippen molar-refractivity contribution in [2.75, 3.05) is 5.73 Å². The van der Waals surface area contributed by atoms with Crippen LogP contribution in [-0.4, -0.2) is 14.9 Å². The van der Waals surface area contributed by atoms with Crippen LogP contribution in [0.2, 0.25) is 0 Å². The van der Waals surface area contributed by atoms with Gasteiger partial charge >= 0.3 is 11.2 Å². The van der Waals surface area contributed by atoms with E-state index in [1.54, 1.807) is 0 Å². The zero-order valence-corrected chi connectivity index (χ0v) is 9.70. The maximum atomic E-state index is 11.1. The van der Waals surface area contributed by atoms with E-state index < -0.39 is 19.9 Å². The number of nitrogen functional groups attached to an aromatic ring is 1. The molecule has 0 saturated carbocycles. The van der Waals surface area contributed by atoms with Gasteiger partial charge in [-0.2, -0.15) is 0 Å². The quantitative estimate of drug-likeness (QED) is 0.478. The fourth-order valence-corrected chi connectivity index (χ4v) is 1.47. The molecule has 0 aliphatic heterocycles. The summed E-state index contributed by atoms with van der Waals surface area (Å²) >= 11 is 6.02. The van der Waals surface area contributed by atoms with Crippen LogP contribution < -0.4 is 11.3 Å². The molecule has 0 saturated heterocycles. The van der Waals surface area contributed by atoms with Crippen molar-refractivity contribution >= 4 is 43.5 Å². The summed E-state index contributed by atoms with van der Waals surface area (Å²) in [5.41, 5.74) is 3.68. The molecule has 0 aliphatic carbocycles. The third kappa shape index (κ3) is 2.10.